The summed E-state index contributed by atoms with van der Waals surface area (Å²) in [5, 5.41) is 3.29. The van der Waals surface area contributed by atoms with Crippen LogP contribution >= 0.6 is 0 Å². The fourth-order valence-electron chi connectivity index (χ4n) is 1.97. The molecule has 0 bridgehead atoms. The van der Waals surface area contributed by atoms with E-state index in [0.29, 0.717) is 31.4 Å². The maximum atomic E-state index is 5.73. The third-order valence-electron chi connectivity index (χ3n) is 2.90. The summed E-state index contributed by atoms with van der Waals surface area (Å²) in [5.41, 5.74) is 8.04. The Morgan fingerprint density at radius 3 is 2.65 bits per heavy atom. The summed E-state index contributed by atoms with van der Waals surface area (Å²) in [5.74, 6) is 2.04. The largest absolute Gasteiger partial charge is 0.478 e. The summed E-state index contributed by atoms with van der Waals surface area (Å²) < 4.78 is 5.41. The molecule has 1 aromatic carbocycles. The predicted octanol–water partition coefficient (Wildman–Crippen LogP) is 2.25. The number of anilines is 1. The molecule has 0 unspecified atom stereocenters. The fraction of sp³-hybridized carbons (Fsp3) is 0.333. The lowest BCUT2D eigenvalue weighted by molar-refractivity contribution is 0.325. The predicted molar refractivity (Wildman–Crippen MR) is 79.6 cm³/mol. The standard InChI is InChI=1S/C15H20N4O/c1-3-20-15-8-14(18-11(2)19-15)17-10-13-7-5-4-6-12(13)9-16/h4-8H,3,9-10,16H2,1-2H3,(H,17,18,19). The zero-order valence-corrected chi connectivity index (χ0v) is 11.9. The van der Waals surface area contributed by atoms with Crippen molar-refractivity contribution in [3.8, 4) is 5.88 Å². The summed E-state index contributed by atoms with van der Waals surface area (Å²) in [6.45, 7) is 5.58. The molecule has 5 nitrogen and oxygen atoms in total. The molecule has 1 heterocycles. The molecule has 0 aliphatic heterocycles. The second-order valence-corrected chi connectivity index (χ2v) is 4.40. The van der Waals surface area contributed by atoms with Crippen molar-refractivity contribution in [3.05, 3.63) is 47.3 Å². The molecule has 3 N–H and O–H groups in total. The monoisotopic (exact) mass is 272 g/mol. The minimum absolute atomic E-state index is 0.533. The van der Waals surface area contributed by atoms with Gasteiger partial charge in [-0.3, -0.25) is 0 Å². The molecule has 0 amide bonds. The molecule has 0 saturated carbocycles. The van der Waals surface area contributed by atoms with Crippen molar-refractivity contribution < 1.29 is 4.74 Å². The molecule has 0 aliphatic carbocycles. The van der Waals surface area contributed by atoms with Crippen LogP contribution in [0.3, 0.4) is 0 Å². The van der Waals surface area contributed by atoms with Gasteiger partial charge in [-0.25, -0.2) is 4.98 Å². The Bertz CT molecular complexity index is 572. The van der Waals surface area contributed by atoms with Gasteiger partial charge in [0.2, 0.25) is 5.88 Å². The lowest BCUT2D eigenvalue weighted by Crippen LogP contribution is -2.08. The van der Waals surface area contributed by atoms with Crippen LogP contribution in [0.4, 0.5) is 5.82 Å². The maximum Gasteiger partial charge on any atom is 0.218 e. The molecule has 0 aliphatic rings. The first kappa shape index (κ1) is 14.3. The van der Waals surface area contributed by atoms with Gasteiger partial charge in [0.15, 0.2) is 0 Å². The number of hydrogen-bond acceptors (Lipinski definition) is 5. The summed E-state index contributed by atoms with van der Waals surface area (Å²) in [7, 11) is 0. The first-order valence-electron chi connectivity index (χ1n) is 6.72. The van der Waals surface area contributed by atoms with Crippen LogP contribution in [0, 0.1) is 6.92 Å². The van der Waals surface area contributed by atoms with E-state index in [-0.39, 0.29) is 0 Å². The van der Waals surface area contributed by atoms with Crippen LogP contribution in [-0.4, -0.2) is 16.6 Å². The Morgan fingerprint density at radius 2 is 1.95 bits per heavy atom. The second-order valence-electron chi connectivity index (χ2n) is 4.40. The maximum absolute atomic E-state index is 5.73. The number of nitrogens with two attached hydrogens (primary N) is 1. The van der Waals surface area contributed by atoms with E-state index in [1.807, 2.05) is 38.1 Å². The van der Waals surface area contributed by atoms with Crippen molar-refractivity contribution in [1.29, 1.82) is 0 Å². The number of hydrogen-bond donors (Lipinski definition) is 2. The van der Waals surface area contributed by atoms with E-state index in [0.717, 1.165) is 11.4 Å². The molecule has 106 valence electrons. The number of benzene rings is 1. The minimum Gasteiger partial charge on any atom is -0.478 e. The highest BCUT2D eigenvalue weighted by molar-refractivity contribution is 5.40. The highest BCUT2D eigenvalue weighted by Gasteiger charge is 2.04. The van der Waals surface area contributed by atoms with Gasteiger partial charge in [0.25, 0.3) is 0 Å². The van der Waals surface area contributed by atoms with Gasteiger partial charge in [0, 0.05) is 19.2 Å². The third kappa shape index (κ3) is 3.68. The van der Waals surface area contributed by atoms with Gasteiger partial charge >= 0.3 is 0 Å². The Kier molecular flexibility index (Phi) is 4.90. The van der Waals surface area contributed by atoms with Crippen LogP contribution in [0.2, 0.25) is 0 Å². The molecule has 2 rings (SSSR count). The van der Waals surface area contributed by atoms with Crippen molar-refractivity contribution >= 4 is 5.82 Å². The third-order valence-corrected chi connectivity index (χ3v) is 2.90. The summed E-state index contributed by atoms with van der Waals surface area (Å²) in [6.07, 6.45) is 0. The van der Waals surface area contributed by atoms with Gasteiger partial charge in [-0.2, -0.15) is 4.98 Å². The highest BCUT2D eigenvalue weighted by atomic mass is 16.5. The number of ether oxygens (including phenoxy) is 1. The van der Waals surface area contributed by atoms with Crippen LogP contribution in [0.25, 0.3) is 0 Å². The van der Waals surface area contributed by atoms with E-state index in [1.165, 1.54) is 5.56 Å². The van der Waals surface area contributed by atoms with Crippen molar-refractivity contribution in [2.45, 2.75) is 26.9 Å². The lowest BCUT2D eigenvalue weighted by atomic mass is 10.1. The van der Waals surface area contributed by atoms with E-state index < -0.39 is 0 Å². The summed E-state index contributed by atoms with van der Waals surface area (Å²) in [6, 6.07) is 9.91. The lowest BCUT2D eigenvalue weighted by Gasteiger charge is -2.11. The molecule has 20 heavy (non-hydrogen) atoms. The topological polar surface area (TPSA) is 73.1 Å². The normalized spacial score (nSPS) is 10.3. The van der Waals surface area contributed by atoms with Crippen molar-refractivity contribution in [2.75, 3.05) is 11.9 Å². The molecular formula is C15H20N4O. The minimum atomic E-state index is 0.533. The molecular weight excluding hydrogens is 252 g/mol. The molecule has 0 spiro atoms. The van der Waals surface area contributed by atoms with E-state index in [4.69, 9.17) is 10.5 Å². The molecule has 0 fully saturated rings. The zero-order valence-electron chi connectivity index (χ0n) is 11.9. The Balaban J connectivity index is 2.10. The number of aromatic nitrogens is 2. The van der Waals surface area contributed by atoms with Crippen LogP contribution in [0.5, 0.6) is 5.88 Å². The van der Waals surface area contributed by atoms with E-state index >= 15 is 0 Å². The number of nitrogens with one attached hydrogen (secondary N) is 1. The number of nitrogens with zero attached hydrogens (tertiary/aromatic N) is 2. The van der Waals surface area contributed by atoms with Crippen LogP contribution in [-0.2, 0) is 13.1 Å². The smallest absolute Gasteiger partial charge is 0.218 e. The van der Waals surface area contributed by atoms with E-state index in [2.05, 4.69) is 21.4 Å². The van der Waals surface area contributed by atoms with Gasteiger partial charge in [-0.15, -0.1) is 0 Å². The second kappa shape index (κ2) is 6.86. The first-order valence-corrected chi connectivity index (χ1v) is 6.72. The van der Waals surface area contributed by atoms with E-state index in [9.17, 15) is 0 Å². The van der Waals surface area contributed by atoms with Gasteiger partial charge in [-0.05, 0) is 25.0 Å². The van der Waals surface area contributed by atoms with Gasteiger partial charge in [0.1, 0.15) is 11.6 Å². The Morgan fingerprint density at radius 1 is 1.20 bits per heavy atom. The molecule has 0 atom stereocenters. The summed E-state index contributed by atoms with van der Waals surface area (Å²) >= 11 is 0. The van der Waals surface area contributed by atoms with Gasteiger partial charge in [0.05, 0.1) is 6.61 Å². The van der Waals surface area contributed by atoms with Crippen molar-refractivity contribution in [2.24, 2.45) is 5.73 Å². The van der Waals surface area contributed by atoms with E-state index in [1.54, 1.807) is 0 Å². The van der Waals surface area contributed by atoms with Crippen molar-refractivity contribution in [1.82, 2.24) is 9.97 Å². The molecule has 0 saturated heterocycles. The average Bonchev–Trinajstić information content (AvgIpc) is 2.45. The van der Waals surface area contributed by atoms with Gasteiger partial charge in [-0.1, -0.05) is 24.3 Å². The average molecular weight is 272 g/mol. The number of rotatable bonds is 6. The van der Waals surface area contributed by atoms with Gasteiger partial charge < -0.3 is 15.8 Å². The quantitative estimate of drug-likeness (QED) is 0.843. The molecule has 0 radical (unpaired) electrons. The highest BCUT2D eigenvalue weighted by Crippen LogP contribution is 2.15. The molecule has 2 aromatic rings. The first-order chi connectivity index (χ1) is 9.72. The van der Waals surface area contributed by atoms with Crippen LogP contribution < -0.4 is 15.8 Å². The zero-order chi connectivity index (χ0) is 14.4. The fourth-order valence-corrected chi connectivity index (χ4v) is 1.97. The SMILES string of the molecule is CCOc1cc(NCc2ccccc2CN)nc(C)n1. The molecule has 5 heteroatoms. The Hall–Kier alpha value is -2.14. The van der Waals surface area contributed by atoms with Crippen molar-refractivity contribution in [3.63, 3.8) is 0 Å². The Labute approximate surface area is 119 Å². The molecule has 1 aromatic heterocycles. The number of aryl methyl sites for hydroxylation is 1. The van der Waals surface area contributed by atoms with Crippen LogP contribution in [0.1, 0.15) is 23.9 Å². The van der Waals surface area contributed by atoms with Crippen LogP contribution in [0.15, 0.2) is 30.3 Å². The summed E-state index contributed by atoms with van der Waals surface area (Å²) in [4.78, 5) is 8.57.